The number of para-hydroxylation sites is 1. The van der Waals surface area contributed by atoms with Gasteiger partial charge in [-0.05, 0) is 37.3 Å². The Morgan fingerprint density at radius 1 is 1.00 bits per heavy atom. The van der Waals surface area contributed by atoms with E-state index < -0.39 is 0 Å². The minimum Gasteiger partial charge on any atom is -0.361 e. The van der Waals surface area contributed by atoms with Crippen molar-refractivity contribution in [2.75, 3.05) is 26.2 Å². The Balaban J connectivity index is 1.18. The maximum atomic E-state index is 12.6. The highest BCUT2D eigenvalue weighted by molar-refractivity contribution is 5.83. The number of aryl methyl sites for hydroxylation is 1. The molecule has 1 saturated carbocycles. The molecule has 0 atom stereocenters. The lowest BCUT2D eigenvalue weighted by Crippen LogP contribution is -2.54. The molecule has 1 aliphatic heterocycles. The summed E-state index contributed by atoms with van der Waals surface area (Å²) in [5, 5.41) is 4.43. The number of nitrogens with zero attached hydrogens (tertiary/aromatic N) is 2. The van der Waals surface area contributed by atoms with Crippen molar-refractivity contribution in [2.45, 2.75) is 57.4 Å². The van der Waals surface area contributed by atoms with Crippen molar-refractivity contribution in [1.82, 2.24) is 20.1 Å². The molecule has 1 aromatic heterocycles. The van der Waals surface area contributed by atoms with E-state index in [1.165, 1.54) is 30.2 Å². The summed E-state index contributed by atoms with van der Waals surface area (Å²) in [4.78, 5) is 32.1. The predicted molar refractivity (Wildman–Crippen MR) is 115 cm³/mol. The van der Waals surface area contributed by atoms with Crippen molar-refractivity contribution in [3.63, 3.8) is 0 Å². The number of rotatable bonds is 5. The van der Waals surface area contributed by atoms with E-state index in [0.717, 1.165) is 31.2 Å². The van der Waals surface area contributed by atoms with E-state index in [0.29, 0.717) is 38.6 Å². The first-order valence-electron chi connectivity index (χ1n) is 11.1. The number of fused-ring (bicyclic) bond motifs is 1. The van der Waals surface area contributed by atoms with Gasteiger partial charge in [-0.3, -0.25) is 4.79 Å². The highest BCUT2D eigenvalue weighted by Gasteiger charge is 2.25. The van der Waals surface area contributed by atoms with E-state index >= 15 is 0 Å². The molecule has 2 N–H and O–H groups in total. The average molecular weight is 397 g/mol. The highest BCUT2D eigenvalue weighted by atomic mass is 16.2. The van der Waals surface area contributed by atoms with E-state index in [9.17, 15) is 9.59 Å². The molecule has 1 saturated heterocycles. The number of benzene rings is 1. The number of piperazine rings is 1. The van der Waals surface area contributed by atoms with Crippen LogP contribution in [0.25, 0.3) is 10.9 Å². The van der Waals surface area contributed by atoms with Crippen LogP contribution < -0.4 is 5.32 Å². The minimum atomic E-state index is 0.0448. The number of carbonyl (C=O) groups excluding carboxylic acids is 2. The molecule has 3 amide bonds. The largest absolute Gasteiger partial charge is 0.361 e. The summed E-state index contributed by atoms with van der Waals surface area (Å²) >= 11 is 0. The Labute approximate surface area is 172 Å². The third-order valence-electron chi connectivity index (χ3n) is 6.36. The molecule has 0 bridgehead atoms. The molecule has 0 spiro atoms. The SMILES string of the molecule is O=C(CCCc1c[nH]c2ccccc12)N1CCN(C(=O)NC2CCCCC2)CC1. The molecule has 2 aliphatic rings. The lowest BCUT2D eigenvalue weighted by Gasteiger charge is -2.36. The van der Waals surface area contributed by atoms with Gasteiger partial charge in [-0.25, -0.2) is 4.79 Å². The van der Waals surface area contributed by atoms with E-state index in [4.69, 9.17) is 0 Å². The first-order chi connectivity index (χ1) is 14.2. The number of amides is 3. The van der Waals surface area contributed by atoms with Crippen LogP contribution in [0.15, 0.2) is 30.5 Å². The van der Waals surface area contributed by atoms with E-state index in [-0.39, 0.29) is 11.9 Å². The van der Waals surface area contributed by atoms with Crippen LogP contribution in [-0.4, -0.2) is 58.9 Å². The quantitative estimate of drug-likeness (QED) is 0.810. The smallest absolute Gasteiger partial charge is 0.317 e. The van der Waals surface area contributed by atoms with E-state index in [1.54, 1.807) is 0 Å². The zero-order valence-electron chi connectivity index (χ0n) is 17.2. The maximum absolute atomic E-state index is 12.6. The van der Waals surface area contributed by atoms with Crippen molar-refractivity contribution in [1.29, 1.82) is 0 Å². The van der Waals surface area contributed by atoms with Gasteiger partial charge < -0.3 is 20.1 Å². The second kappa shape index (κ2) is 9.33. The van der Waals surface area contributed by atoms with Gasteiger partial charge in [-0.2, -0.15) is 0 Å². The number of hydrogen-bond acceptors (Lipinski definition) is 2. The summed E-state index contributed by atoms with van der Waals surface area (Å²) in [6, 6.07) is 8.66. The number of carbonyl (C=O) groups is 2. The molecule has 0 unspecified atom stereocenters. The molecule has 2 fully saturated rings. The van der Waals surface area contributed by atoms with Crippen LogP contribution in [-0.2, 0) is 11.2 Å². The molecule has 1 aliphatic carbocycles. The van der Waals surface area contributed by atoms with Crippen LogP contribution in [0.2, 0.25) is 0 Å². The summed E-state index contributed by atoms with van der Waals surface area (Å²) in [6.45, 7) is 2.55. The summed E-state index contributed by atoms with van der Waals surface area (Å²) in [5.41, 5.74) is 2.43. The van der Waals surface area contributed by atoms with Gasteiger partial charge in [0.05, 0.1) is 0 Å². The molecular weight excluding hydrogens is 364 g/mol. The highest BCUT2D eigenvalue weighted by Crippen LogP contribution is 2.20. The summed E-state index contributed by atoms with van der Waals surface area (Å²) < 4.78 is 0. The van der Waals surface area contributed by atoms with Gasteiger partial charge in [0.25, 0.3) is 0 Å². The van der Waals surface area contributed by atoms with Crippen LogP contribution in [0.1, 0.15) is 50.5 Å². The van der Waals surface area contributed by atoms with Gasteiger partial charge in [-0.1, -0.05) is 37.5 Å². The summed E-state index contributed by atoms with van der Waals surface area (Å²) in [6.07, 6.45) is 10.3. The van der Waals surface area contributed by atoms with E-state index in [2.05, 4.69) is 34.7 Å². The van der Waals surface area contributed by atoms with Crippen LogP contribution in [0.3, 0.4) is 0 Å². The Bertz CT molecular complexity index is 832. The van der Waals surface area contributed by atoms with Crippen LogP contribution in [0.5, 0.6) is 0 Å². The first kappa shape index (κ1) is 19.8. The Morgan fingerprint density at radius 3 is 2.52 bits per heavy atom. The van der Waals surface area contributed by atoms with E-state index in [1.807, 2.05) is 15.9 Å². The monoisotopic (exact) mass is 396 g/mol. The lowest BCUT2D eigenvalue weighted by molar-refractivity contribution is -0.132. The van der Waals surface area contributed by atoms with Crippen molar-refractivity contribution in [3.05, 3.63) is 36.0 Å². The second-order valence-electron chi connectivity index (χ2n) is 8.37. The minimum absolute atomic E-state index is 0.0448. The molecule has 1 aromatic carbocycles. The van der Waals surface area contributed by atoms with Gasteiger partial charge in [0.2, 0.25) is 5.91 Å². The fourth-order valence-corrected chi connectivity index (χ4v) is 4.60. The molecule has 2 heterocycles. The number of aromatic nitrogens is 1. The van der Waals surface area contributed by atoms with Crippen molar-refractivity contribution in [2.24, 2.45) is 0 Å². The third-order valence-corrected chi connectivity index (χ3v) is 6.36. The van der Waals surface area contributed by atoms with Gasteiger partial charge in [-0.15, -0.1) is 0 Å². The molecule has 6 heteroatoms. The third kappa shape index (κ3) is 4.92. The van der Waals surface area contributed by atoms with Crippen LogP contribution in [0.4, 0.5) is 4.79 Å². The van der Waals surface area contributed by atoms with Crippen molar-refractivity contribution < 1.29 is 9.59 Å². The van der Waals surface area contributed by atoms with Gasteiger partial charge >= 0.3 is 6.03 Å². The Kier molecular flexibility index (Phi) is 6.37. The molecule has 0 radical (unpaired) electrons. The number of urea groups is 1. The normalized spacial score (nSPS) is 18.2. The first-order valence-corrected chi connectivity index (χ1v) is 11.1. The van der Waals surface area contributed by atoms with Crippen LogP contribution >= 0.6 is 0 Å². The topological polar surface area (TPSA) is 68.4 Å². The average Bonchev–Trinajstić information content (AvgIpc) is 3.18. The predicted octanol–water partition coefficient (Wildman–Crippen LogP) is 3.68. The number of aromatic amines is 1. The Morgan fingerprint density at radius 2 is 1.72 bits per heavy atom. The summed E-state index contributed by atoms with van der Waals surface area (Å²) in [7, 11) is 0. The number of hydrogen-bond donors (Lipinski definition) is 2. The van der Waals surface area contributed by atoms with Crippen molar-refractivity contribution in [3.8, 4) is 0 Å². The molecule has 4 rings (SSSR count). The molecule has 6 nitrogen and oxygen atoms in total. The summed E-state index contributed by atoms with van der Waals surface area (Å²) in [5.74, 6) is 0.206. The molecular formula is C23H32N4O2. The number of H-pyrrole nitrogens is 1. The van der Waals surface area contributed by atoms with Crippen molar-refractivity contribution >= 4 is 22.8 Å². The lowest BCUT2D eigenvalue weighted by atomic mass is 9.96. The van der Waals surface area contributed by atoms with Gasteiger partial charge in [0.1, 0.15) is 0 Å². The number of nitrogens with one attached hydrogen (secondary N) is 2. The van der Waals surface area contributed by atoms with Gasteiger partial charge in [0.15, 0.2) is 0 Å². The maximum Gasteiger partial charge on any atom is 0.317 e. The second-order valence-corrected chi connectivity index (χ2v) is 8.37. The molecule has 156 valence electrons. The van der Waals surface area contributed by atoms with Crippen LogP contribution in [0, 0.1) is 0 Å². The standard InChI is InChI=1S/C23H32N4O2/c28-22(12-6-7-18-17-24-21-11-5-4-10-20(18)21)26-13-15-27(16-14-26)23(29)25-19-8-2-1-3-9-19/h4-5,10-11,17,19,24H,1-3,6-9,12-16H2,(H,25,29). The fourth-order valence-electron chi connectivity index (χ4n) is 4.60. The Hall–Kier alpha value is -2.50. The zero-order chi connectivity index (χ0) is 20.1. The zero-order valence-corrected chi connectivity index (χ0v) is 17.2. The molecule has 2 aromatic rings. The van der Waals surface area contributed by atoms with Gasteiger partial charge in [0, 0.05) is 55.7 Å². The molecule has 29 heavy (non-hydrogen) atoms. The fraction of sp³-hybridized carbons (Fsp3) is 0.565.